The summed E-state index contributed by atoms with van der Waals surface area (Å²) in [7, 11) is 0. The van der Waals surface area contributed by atoms with E-state index in [0.29, 0.717) is 11.3 Å². The first-order valence-electron chi connectivity index (χ1n) is 6.38. The average molecular weight is 237 g/mol. The highest BCUT2D eigenvalue weighted by atomic mass is 16.5. The van der Waals surface area contributed by atoms with E-state index in [1.54, 1.807) is 0 Å². The molecule has 0 aromatic carbocycles. The summed E-state index contributed by atoms with van der Waals surface area (Å²) >= 11 is 0. The van der Waals surface area contributed by atoms with E-state index in [1.165, 1.54) is 12.8 Å². The van der Waals surface area contributed by atoms with Crippen LogP contribution in [0.1, 0.15) is 50.1 Å². The Labute approximate surface area is 104 Å². The summed E-state index contributed by atoms with van der Waals surface area (Å²) in [6.07, 6.45) is 4.51. The van der Waals surface area contributed by atoms with Crippen LogP contribution in [-0.2, 0) is 6.42 Å². The van der Waals surface area contributed by atoms with Crippen LogP contribution in [0.5, 0.6) is 0 Å². The quantitative estimate of drug-likeness (QED) is 0.791. The summed E-state index contributed by atoms with van der Waals surface area (Å²) in [5.74, 6) is 1.41. The molecule has 0 aliphatic carbocycles. The fraction of sp³-hybridized carbons (Fsp3) is 0.643. The average Bonchev–Trinajstić information content (AvgIpc) is 2.71. The monoisotopic (exact) mass is 237 g/mol. The predicted octanol–water partition coefficient (Wildman–Crippen LogP) is 3.36. The standard InChI is InChI=1S/C14H23NO2/c1-5-12(6-2)7-8-13-11(4)14(17-15-13)10(3)9-16/h12,16H,3,5-9H2,1-2,4H3. The summed E-state index contributed by atoms with van der Waals surface area (Å²) in [6, 6.07) is 0. The van der Waals surface area contributed by atoms with Gasteiger partial charge in [-0.15, -0.1) is 0 Å². The molecule has 0 unspecified atom stereocenters. The molecule has 1 aromatic rings. The topological polar surface area (TPSA) is 46.3 Å². The minimum Gasteiger partial charge on any atom is -0.392 e. The first-order valence-corrected chi connectivity index (χ1v) is 6.38. The Kier molecular flexibility index (Phi) is 5.42. The minimum absolute atomic E-state index is 0.0813. The molecular formula is C14H23NO2. The number of rotatable bonds is 7. The maximum atomic E-state index is 9.03. The number of aromatic nitrogens is 1. The predicted molar refractivity (Wildman–Crippen MR) is 69.8 cm³/mol. The van der Waals surface area contributed by atoms with Crippen LogP contribution >= 0.6 is 0 Å². The van der Waals surface area contributed by atoms with Crippen LogP contribution in [0.4, 0.5) is 0 Å². The molecule has 0 saturated carbocycles. The maximum Gasteiger partial charge on any atom is 0.167 e. The second-order valence-electron chi connectivity index (χ2n) is 4.57. The molecule has 17 heavy (non-hydrogen) atoms. The van der Waals surface area contributed by atoms with E-state index in [4.69, 9.17) is 9.63 Å². The van der Waals surface area contributed by atoms with Crippen LogP contribution in [0, 0.1) is 12.8 Å². The lowest BCUT2D eigenvalue weighted by molar-refractivity contribution is 0.339. The lowest BCUT2D eigenvalue weighted by atomic mass is 9.95. The van der Waals surface area contributed by atoms with Gasteiger partial charge in [-0.2, -0.15) is 0 Å². The molecule has 0 radical (unpaired) electrons. The zero-order chi connectivity index (χ0) is 12.8. The van der Waals surface area contributed by atoms with Gasteiger partial charge in [0.05, 0.1) is 12.3 Å². The van der Waals surface area contributed by atoms with Gasteiger partial charge in [-0.05, 0) is 25.7 Å². The van der Waals surface area contributed by atoms with E-state index in [0.717, 1.165) is 30.0 Å². The van der Waals surface area contributed by atoms with Gasteiger partial charge in [-0.3, -0.25) is 0 Å². The SMILES string of the molecule is C=C(CO)c1onc(CCC(CC)CC)c1C. The fourth-order valence-corrected chi connectivity index (χ4v) is 2.04. The molecule has 1 N–H and O–H groups in total. The normalized spacial score (nSPS) is 11.1. The van der Waals surface area contributed by atoms with E-state index in [2.05, 4.69) is 25.6 Å². The molecule has 0 atom stereocenters. The first-order chi connectivity index (χ1) is 8.13. The van der Waals surface area contributed by atoms with E-state index >= 15 is 0 Å². The molecule has 1 heterocycles. The molecular weight excluding hydrogens is 214 g/mol. The van der Waals surface area contributed by atoms with Gasteiger partial charge >= 0.3 is 0 Å². The Balaban J connectivity index is 2.67. The van der Waals surface area contributed by atoms with Crippen molar-refractivity contribution in [2.45, 2.75) is 46.5 Å². The van der Waals surface area contributed by atoms with E-state index in [-0.39, 0.29) is 6.61 Å². The van der Waals surface area contributed by atoms with Crippen molar-refractivity contribution in [2.24, 2.45) is 5.92 Å². The third kappa shape index (κ3) is 3.43. The molecule has 0 aliphatic rings. The van der Waals surface area contributed by atoms with Gasteiger partial charge in [0.25, 0.3) is 0 Å². The molecule has 0 bridgehead atoms. The number of aliphatic hydroxyl groups excluding tert-OH is 1. The molecule has 0 amide bonds. The molecule has 3 heteroatoms. The molecule has 96 valence electrons. The van der Waals surface area contributed by atoms with Crippen LogP contribution < -0.4 is 0 Å². The third-order valence-corrected chi connectivity index (χ3v) is 3.48. The van der Waals surface area contributed by atoms with E-state index in [1.807, 2.05) is 6.92 Å². The number of hydrogen-bond acceptors (Lipinski definition) is 3. The van der Waals surface area contributed by atoms with Crippen molar-refractivity contribution in [3.63, 3.8) is 0 Å². The first kappa shape index (κ1) is 14.0. The highest BCUT2D eigenvalue weighted by Crippen LogP contribution is 2.23. The smallest absolute Gasteiger partial charge is 0.167 e. The second-order valence-corrected chi connectivity index (χ2v) is 4.57. The van der Waals surface area contributed by atoms with Crippen molar-refractivity contribution in [1.29, 1.82) is 0 Å². The number of nitrogens with zero attached hydrogens (tertiary/aromatic N) is 1. The Morgan fingerprint density at radius 1 is 1.41 bits per heavy atom. The van der Waals surface area contributed by atoms with Gasteiger partial charge in [-0.25, -0.2) is 0 Å². The largest absolute Gasteiger partial charge is 0.392 e. The summed E-state index contributed by atoms with van der Waals surface area (Å²) in [4.78, 5) is 0. The van der Waals surface area contributed by atoms with Crippen molar-refractivity contribution in [3.8, 4) is 0 Å². The van der Waals surface area contributed by atoms with E-state index in [9.17, 15) is 0 Å². The van der Waals surface area contributed by atoms with Gasteiger partial charge in [0.2, 0.25) is 0 Å². The molecule has 0 spiro atoms. The van der Waals surface area contributed by atoms with Gasteiger partial charge in [0, 0.05) is 11.1 Å². The summed E-state index contributed by atoms with van der Waals surface area (Å²) in [5, 5.41) is 13.1. The van der Waals surface area contributed by atoms with Gasteiger partial charge in [-0.1, -0.05) is 38.4 Å². The lowest BCUT2D eigenvalue weighted by Gasteiger charge is -2.10. The van der Waals surface area contributed by atoms with Crippen LogP contribution in [0.3, 0.4) is 0 Å². The van der Waals surface area contributed by atoms with Crippen molar-refractivity contribution < 1.29 is 9.63 Å². The maximum absolute atomic E-state index is 9.03. The van der Waals surface area contributed by atoms with Crippen LogP contribution in [-0.4, -0.2) is 16.9 Å². The van der Waals surface area contributed by atoms with Gasteiger partial charge < -0.3 is 9.63 Å². The Hall–Kier alpha value is -1.09. The summed E-state index contributed by atoms with van der Waals surface area (Å²) in [6.45, 7) is 10.1. The number of hydrogen-bond donors (Lipinski definition) is 1. The molecule has 0 aliphatic heterocycles. The van der Waals surface area contributed by atoms with Gasteiger partial charge in [0.15, 0.2) is 5.76 Å². The Morgan fingerprint density at radius 3 is 2.59 bits per heavy atom. The van der Waals surface area contributed by atoms with Crippen LogP contribution in [0.15, 0.2) is 11.1 Å². The molecule has 0 saturated heterocycles. The fourth-order valence-electron chi connectivity index (χ4n) is 2.04. The summed E-state index contributed by atoms with van der Waals surface area (Å²) < 4.78 is 5.24. The lowest BCUT2D eigenvalue weighted by Crippen LogP contribution is -2.00. The molecule has 3 nitrogen and oxygen atoms in total. The number of aryl methyl sites for hydroxylation is 1. The minimum atomic E-state index is -0.0813. The van der Waals surface area contributed by atoms with Crippen molar-refractivity contribution in [2.75, 3.05) is 6.61 Å². The molecule has 1 aromatic heterocycles. The number of aliphatic hydroxyl groups is 1. The highest BCUT2D eigenvalue weighted by molar-refractivity contribution is 5.62. The van der Waals surface area contributed by atoms with Crippen molar-refractivity contribution >= 4 is 5.57 Å². The zero-order valence-corrected chi connectivity index (χ0v) is 11.1. The van der Waals surface area contributed by atoms with Crippen LogP contribution in [0.25, 0.3) is 5.57 Å². The molecule has 1 rings (SSSR count). The van der Waals surface area contributed by atoms with Crippen molar-refractivity contribution in [1.82, 2.24) is 5.16 Å². The summed E-state index contributed by atoms with van der Waals surface area (Å²) in [5.41, 5.74) is 2.63. The van der Waals surface area contributed by atoms with Gasteiger partial charge in [0.1, 0.15) is 0 Å². The van der Waals surface area contributed by atoms with Crippen molar-refractivity contribution in [3.05, 3.63) is 23.6 Å². The Morgan fingerprint density at radius 2 is 2.06 bits per heavy atom. The van der Waals surface area contributed by atoms with E-state index < -0.39 is 0 Å². The second kappa shape index (κ2) is 6.60. The Bertz CT molecular complexity index is 364. The van der Waals surface area contributed by atoms with Crippen LogP contribution in [0.2, 0.25) is 0 Å². The highest BCUT2D eigenvalue weighted by Gasteiger charge is 2.15. The zero-order valence-electron chi connectivity index (χ0n) is 11.1. The third-order valence-electron chi connectivity index (χ3n) is 3.48. The molecule has 0 fully saturated rings.